The molecule has 2 heteroatoms. The van der Waals surface area contributed by atoms with Crippen LogP contribution in [0.1, 0.15) is 19.8 Å². The molecule has 0 aliphatic carbocycles. The molecule has 0 amide bonds. The first-order valence-electron chi connectivity index (χ1n) is 6.59. The monoisotopic (exact) mass is 255 g/mol. The maximum Gasteiger partial charge on any atom is 0.298 e. The van der Waals surface area contributed by atoms with Crippen LogP contribution >= 0.6 is 0 Å². The predicted octanol–water partition coefficient (Wildman–Crippen LogP) is 2.98. The third-order valence-electron chi connectivity index (χ3n) is 3.36. The lowest BCUT2D eigenvalue weighted by molar-refractivity contribution is 0.439. The second kappa shape index (κ2) is 5.98. The minimum atomic E-state index is -2.77. The summed E-state index contributed by atoms with van der Waals surface area (Å²) in [7, 11) is -2.77. The largest absolute Gasteiger partial charge is 0.298 e. The Bertz CT molecular complexity index is 427. The summed E-state index contributed by atoms with van der Waals surface area (Å²) < 4.78 is 0. The Balaban J connectivity index is 2.41. The predicted molar refractivity (Wildman–Crippen MR) is 78.3 cm³/mol. The van der Waals surface area contributed by atoms with Gasteiger partial charge in [-0.1, -0.05) is 80.4 Å². The summed E-state index contributed by atoms with van der Waals surface area (Å²) in [6.45, 7) is 2.14. The second-order valence-corrected chi connectivity index (χ2v) is 7.97. The van der Waals surface area contributed by atoms with Crippen molar-refractivity contribution in [3.63, 3.8) is 0 Å². The molecule has 0 aromatic heterocycles. The number of hydrogen-bond donors (Lipinski definition) is 0. The fourth-order valence-electron chi connectivity index (χ4n) is 2.30. The summed E-state index contributed by atoms with van der Waals surface area (Å²) in [6, 6.07) is 20.7. The van der Waals surface area contributed by atoms with Crippen LogP contribution in [0.25, 0.3) is 0 Å². The second-order valence-electron chi connectivity index (χ2n) is 4.66. The molecular formula is C16H19OSi. The van der Waals surface area contributed by atoms with Crippen LogP contribution in [0.3, 0.4) is 0 Å². The highest BCUT2D eigenvalue weighted by Gasteiger charge is 2.37. The summed E-state index contributed by atoms with van der Waals surface area (Å²) in [5, 5.41) is 2.01. The highest BCUT2D eigenvalue weighted by Crippen LogP contribution is 2.12. The first-order chi connectivity index (χ1) is 8.77. The van der Waals surface area contributed by atoms with Crippen molar-refractivity contribution in [1.29, 1.82) is 0 Å². The minimum Gasteiger partial charge on any atom is -0.285 e. The highest BCUT2D eigenvalue weighted by atomic mass is 28.4. The van der Waals surface area contributed by atoms with Gasteiger partial charge in [0.25, 0.3) is 8.32 Å². The van der Waals surface area contributed by atoms with Crippen molar-refractivity contribution in [1.82, 2.24) is 0 Å². The molecule has 0 fully saturated rings. The van der Waals surface area contributed by atoms with Gasteiger partial charge in [0.1, 0.15) is 0 Å². The molecule has 0 aliphatic rings. The van der Waals surface area contributed by atoms with E-state index in [1.165, 1.54) is 0 Å². The summed E-state index contributed by atoms with van der Waals surface area (Å²) in [6.07, 6.45) is 2.09. The Morgan fingerprint density at radius 3 is 1.67 bits per heavy atom. The zero-order valence-electron chi connectivity index (χ0n) is 10.8. The molecule has 0 heterocycles. The normalized spacial score (nSPS) is 11.4. The maximum atomic E-state index is 13.4. The minimum absolute atomic E-state index is 0.789. The molecule has 0 unspecified atom stereocenters. The van der Waals surface area contributed by atoms with Crippen LogP contribution in [0.4, 0.5) is 0 Å². The van der Waals surface area contributed by atoms with Gasteiger partial charge in [-0.25, -0.2) is 0 Å². The van der Waals surface area contributed by atoms with E-state index in [0.29, 0.717) is 0 Å². The molecule has 0 atom stereocenters. The Hall–Kier alpha value is -1.38. The molecule has 2 aromatic rings. The molecule has 1 nitrogen and oxygen atoms in total. The molecule has 0 aliphatic heterocycles. The summed E-state index contributed by atoms with van der Waals surface area (Å²) in [4.78, 5) is 13.4. The van der Waals surface area contributed by atoms with E-state index in [1.807, 2.05) is 60.7 Å². The average Bonchev–Trinajstić information content (AvgIpc) is 2.46. The van der Waals surface area contributed by atoms with Crippen molar-refractivity contribution in [2.45, 2.75) is 25.8 Å². The van der Waals surface area contributed by atoms with E-state index in [2.05, 4.69) is 6.92 Å². The number of unbranched alkanes of at least 4 members (excludes halogenated alkanes) is 1. The van der Waals surface area contributed by atoms with Crippen LogP contribution in [0.2, 0.25) is 6.04 Å². The fourth-order valence-corrected chi connectivity index (χ4v) is 5.52. The van der Waals surface area contributed by atoms with Crippen LogP contribution in [0.5, 0.6) is 0 Å². The Morgan fingerprint density at radius 1 is 0.833 bits per heavy atom. The first-order valence-corrected chi connectivity index (χ1v) is 8.70. The van der Waals surface area contributed by atoms with E-state index in [0.717, 1.165) is 29.3 Å². The maximum absolute atomic E-state index is 13.4. The van der Waals surface area contributed by atoms with Gasteiger partial charge >= 0.3 is 0 Å². The molecule has 18 heavy (non-hydrogen) atoms. The van der Waals surface area contributed by atoms with Crippen molar-refractivity contribution >= 4 is 18.7 Å². The van der Waals surface area contributed by atoms with Gasteiger partial charge in [0.2, 0.25) is 0 Å². The number of hydrogen-bond acceptors (Lipinski definition) is 0. The Morgan fingerprint density at radius 2 is 1.28 bits per heavy atom. The van der Waals surface area contributed by atoms with Crippen molar-refractivity contribution < 1.29 is 4.80 Å². The van der Waals surface area contributed by atoms with Crippen molar-refractivity contribution in [3.05, 3.63) is 60.7 Å². The Kier molecular flexibility index (Phi) is 4.34. The van der Waals surface area contributed by atoms with Crippen LogP contribution in [0.15, 0.2) is 60.7 Å². The molecule has 93 valence electrons. The summed E-state index contributed by atoms with van der Waals surface area (Å²) in [5.74, 6) is 0. The molecular weight excluding hydrogens is 236 g/mol. The number of rotatable bonds is 5. The quantitative estimate of drug-likeness (QED) is 0.732. The van der Waals surface area contributed by atoms with Crippen molar-refractivity contribution in [3.8, 4) is 0 Å². The smallest absolute Gasteiger partial charge is 0.285 e. The molecule has 2 rings (SSSR count). The topological polar surface area (TPSA) is 19.9 Å². The molecule has 0 spiro atoms. The van der Waals surface area contributed by atoms with E-state index < -0.39 is 8.32 Å². The van der Waals surface area contributed by atoms with E-state index >= 15 is 0 Å². The third-order valence-corrected chi connectivity index (χ3v) is 6.95. The van der Waals surface area contributed by atoms with Gasteiger partial charge in [0.15, 0.2) is 0 Å². The standard InChI is InChI=1S/C16H19OSi/c1-2-3-14-18(17,15-10-6-4-7-11-15)16-12-8-5-9-13-16/h4-13H,2-3,14H2,1H3. The fraction of sp³-hybridized carbons (Fsp3) is 0.250. The first kappa shape index (κ1) is 13.1. The lowest BCUT2D eigenvalue weighted by atomic mass is 10.4. The van der Waals surface area contributed by atoms with Crippen molar-refractivity contribution in [2.75, 3.05) is 0 Å². The van der Waals surface area contributed by atoms with E-state index in [-0.39, 0.29) is 0 Å². The molecule has 2 aromatic carbocycles. The van der Waals surface area contributed by atoms with Crippen LogP contribution < -0.4 is 10.4 Å². The van der Waals surface area contributed by atoms with Gasteiger partial charge in [-0.05, 0) is 16.4 Å². The molecule has 0 bridgehead atoms. The third kappa shape index (κ3) is 2.71. The zero-order chi connectivity index (χ0) is 12.8. The molecule has 0 saturated carbocycles. The van der Waals surface area contributed by atoms with Gasteiger partial charge in [-0.3, -0.25) is 4.80 Å². The molecule has 0 saturated heterocycles. The lowest BCUT2D eigenvalue weighted by Crippen LogP contribution is -2.57. The Labute approximate surface area is 110 Å². The summed E-state index contributed by atoms with van der Waals surface area (Å²) >= 11 is 0. The number of benzene rings is 2. The van der Waals surface area contributed by atoms with Crippen LogP contribution in [-0.4, -0.2) is 8.32 Å². The van der Waals surface area contributed by atoms with Gasteiger partial charge in [0.05, 0.1) is 0 Å². The van der Waals surface area contributed by atoms with E-state index in [4.69, 9.17) is 0 Å². The van der Waals surface area contributed by atoms with E-state index in [9.17, 15) is 4.80 Å². The van der Waals surface area contributed by atoms with Crippen LogP contribution in [0, 0.1) is 0 Å². The lowest BCUT2D eigenvalue weighted by Gasteiger charge is -2.23. The molecule has 1 radical (unpaired) electrons. The zero-order valence-corrected chi connectivity index (χ0v) is 11.8. The molecule has 0 N–H and O–H groups in total. The average molecular weight is 255 g/mol. The van der Waals surface area contributed by atoms with E-state index in [1.54, 1.807) is 0 Å². The van der Waals surface area contributed by atoms with Gasteiger partial charge in [-0.2, -0.15) is 0 Å². The van der Waals surface area contributed by atoms with Gasteiger partial charge < -0.3 is 0 Å². The van der Waals surface area contributed by atoms with Crippen LogP contribution in [-0.2, 0) is 4.80 Å². The SMILES string of the molecule is CCCC[Si]([O])(c1ccccc1)c1ccccc1. The summed E-state index contributed by atoms with van der Waals surface area (Å²) in [5.41, 5.74) is 0. The van der Waals surface area contributed by atoms with Gasteiger partial charge in [-0.15, -0.1) is 0 Å². The highest BCUT2D eigenvalue weighted by molar-refractivity contribution is 6.96. The van der Waals surface area contributed by atoms with Gasteiger partial charge in [0, 0.05) is 0 Å². The van der Waals surface area contributed by atoms with Crippen molar-refractivity contribution in [2.24, 2.45) is 0 Å².